The van der Waals surface area contributed by atoms with Gasteiger partial charge >= 0.3 is 0 Å². The Bertz CT molecular complexity index is 1220. The Hall–Kier alpha value is -3.87. The largest absolute Gasteiger partial charge is 0.459 e. The number of carbonyl (C=O) groups is 2. The van der Waals surface area contributed by atoms with E-state index in [0.29, 0.717) is 5.82 Å². The molecule has 0 radical (unpaired) electrons. The van der Waals surface area contributed by atoms with E-state index in [0.717, 1.165) is 27.8 Å². The van der Waals surface area contributed by atoms with Gasteiger partial charge in [-0.1, -0.05) is 30.3 Å². The van der Waals surface area contributed by atoms with Gasteiger partial charge in [0.15, 0.2) is 5.76 Å². The highest BCUT2D eigenvalue weighted by molar-refractivity contribution is 5.93. The molecule has 0 spiro atoms. The first-order chi connectivity index (χ1) is 14.9. The summed E-state index contributed by atoms with van der Waals surface area (Å²) >= 11 is 0. The normalized spacial score (nSPS) is 12.0. The molecule has 4 rings (SSSR count). The summed E-state index contributed by atoms with van der Waals surface area (Å²) in [6.07, 6.45) is 1.45. The van der Waals surface area contributed by atoms with Crippen LogP contribution in [-0.2, 0) is 11.3 Å². The first-order valence-electron chi connectivity index (χ1n) is 10.1. The number of amides is 2. The molecule has 0 aliphatic carbocycles. The van der Waals surface area contributed by atoms with Crippen LogP contribution in [0.15, 0.2) is 65.3 Å². The van der Waals surface area contributed by atoms with Crippen LogP contribution in [0.1, 0.15) is 40.5 Å². The van der Waals surface area contributed by atoms with Crippen LogP contribution in [0.25, 0.3) is 11.0 Å². The van der Waals surface area contributed by atoms with Crippen LogP contribution in [0.5, 0.6) is 0 Å². The predicted octanol–water partition coefficient (Wildman–Crippen LogP) is 4.38. The van der Waals surface area contributed by atoms with Crippen molar-refractivity contribution in [1.29, 1.82) is 0 Å². The van der Waals surface area contributed by atoms with Gasteiger partial charge in [0.25, 0.3) is 5.91 Å². The second kappa shape index (κ2) is 8.47. The molecular weight excluding hydrogens is 392 g/mol. The minimum Gasteiger partial charge on any atom is -0.459 e. The van der Waals surface area contributed by atoms with Gasteiger partial charge in [-0.15, -0.1) is 0 Å². The number of carbonyl (C=O) groups excluding carboxylic acids is 2. The van der Waals surface area contributed by atoms with Crippen LogP contribution in [0.2, 0.25) is 0 Å². The number of nitrogens with one attached hydrogen (secondary N) is 2. The molecule has 1 atom stereocenters. The maximum atomic E-state index is 12.9. The number of para-hydroxylation sites is 3. The molecule has 2 amide bonds. The average Bonchev–Trinajstić information content (AvgIpc) is 3.40. The van der Waals surface area contributed by atoms with E-state index < -0.39 is 6.04 Å². The van der Waals surface area contributed by atoms with E-state index in [4.69, 9.17) is 4.42 Å². The molecule has 4 aromatic rings. The average molecular weight is 416 g/mol. The number of benzene rings is 2. The maximum absolute atomic E-state index is 12.9. The molecule has 2 aromatic carbocycles. The summed E-state index contributed by atoms with van der Waals surface area (Å²) in [5, 5.41) is 5.91. The number of anilines is 1. The van der Waals surface area contributed by atoms with Crippen molar-refractivity contribution in [2.24, 2.45) is 0 Å². The van der Waals surface area contributed by atoms with Gasteiger partial charge < -0.3 is 19.6 Å². The zero-order valence-corrected chi connectivity index (χ0v) is 17.7. The lowest BCUT2D eigenvalue weighted by Crippen LogP contribution is -2.30. The molecule has 0 saturated heterocycles. The SMILES string of the molecule is Cc1cccc(C)c1NC(=O)Cn1c(C(C)NC(=O)c2ccco2)nc2ccccc21. The summed E-state index contributed by atoms with van der Waals surface area (Å²) in [5.74, 6) is 0.322. The molecule has 2 heterocycles. The molecule has 0 aliphatic rings. The molecule has 31 heavy (non-hydrogen) atoms. The number of fused-ring (bicyclic) bond motifs is 1. The number of imidazole rings is 1. The minimum atomic E-state index is -0.432. The van der Waals surface area contributed by atoms with Crippen LogP contribution in [0, 0.1) is 13.8 Å². The van der Waals surface area contributed by atoms with Crippen molar-refractivity contribution in [3.63, 3.8) is 0 Å². The van der Waals surface area contributed by atoms with Gasteiger partial charge in [-0.3, -0.25) is 9.59 Å². The topological polar surface area (TPSA) is 89.2 Å². The van der Waals surface area contributed by atoms with Gasteiger partial charge in [0, 0.05) is 5.69 Å². The van der Waals surface area contributed by atoms with E-state index in [1.165, 1.54) is 6.26 Å². The number of rotatable bonds is 6. The number of aryl methyl sites for hydroxylation is 2. The van der Waals surface area contributed by atoms with Crippen LogP contribution in [-0.4, -0.2) is 21.4 Å². The molecule has 0 bridgehead atoms. The van der Waals surface area contributed by atoms with Crippen LogP contribution < -0.4 is 10.6 Å². The molecule has 7 heteroatoms. The van der Waals surface area contributed by atoms with Gasteiger partial charge in [-0.2, -0.15) is 0 Å². The van der Waals surface area contributed by atoms with E-state index in [2.05, 4.69) is 15.6 Å². The van der Waals surface area contributed by atoms with Crippen LogP contribution in [0.3, 0.4) is 0 Å². The third-order valence-corrected chi connectivity index (χ3v) is 5.21. The summed E-state index contributed by atoms with van der Waals surface area (Å²) in [7, 11) is 0. The fourth-order valence-corrected chi connectivity index (χ4v) is 3.67. The van der Waals surface area contributed by atoms with Crippen molar-refractivity contribution in [2.45, 2.75) is 33.4 Å². The molecular formula is C24H24N4O3. The summed E-state index contributed by atoms with van der Waals surface area (Å²) in [4.78, 5) is 30.1. The van der Waals surface area contributed by atoms with E-state index in [1.54, 1.807) is 12.1 Å². The van der Waals surface area contributed by atoms with Crippen molar-refractivity contribution >= 4 is 28.5 Å². The molecule has 2 aromatic heterocycles. The van der Waals surface area contributed by atoms with Gasteiger partial charge in [0.1, 0.15) is 12.4 Å². The molecule has 158 valence electrons. The van der Waals surface area contributed by atoms with Crippen molar-refractivity contribution in [1.82, 2.24) is 14.9 Å². The Morgan fingerprint density at radius 1 is 1.03 bits per heavy atom. The van der Waals surface area contributed by atoms with Gasteiger partial charge in [0.2, 0.25) is 5.91 Å². The van der Waals surface area contributed by atoms with Gasteiger partial charge in [-0.25, -0.2) is 4.98 Å². The van der Waals surface area contributed by atoms with Crippen molar-refractivity contribution < 1.29 is 14.0 Å². The fourth-order valence-electron chi connectivity index (χ4n) is 3.67. The van der Waals surface area contributed by atoms with E-state index >= 15 is 0 Å². The lowest BCUT2D eigenvalue weighted by atomic mass is 10.1. The van der Waals surface area contributed by atoms with E-state index in [1.807, 2.05) is 67.8 Å². The third kappa shape index (κ3) is 4.21. The first kappa shape index (κ1) is 20.4. The maximum Gasteiger partial charge on any atom is 0.287 e. The lowest BCUT2D eigenvalue weighted by Gasteiger charge is -2.17. The van der Waals surface area contributed by atoms with Gasteiger partial charge in [0.05, 0.1) is 23.3 Å². The summed E-state index contributed by atoms with van der Waals surface area (Å²) < 4.78 is 7.01. The monoisotopic (exact) mass is 416 g/mol. The van der Waals surface area contributed by atoms with Crippen molar-refractivity contribution in [3.8, 4) is 0 Å². The molecule has 0 aliphatic heterocycles. The quantitative estimate of drug-likeness (QED) is 0.488. The Kier molecular flexibility index (Phi) is 5.58. The Morgan fingerprint density at radius 2 is 1.77 bits per heavy atom. The number of aromatic nitrogens is 2. The highest BCUT2D eigenvalue weighted by Gasteiger charge is 2.21. The number of nitrogens with zero attached hydrogens (tertiary/aromatic N) is 2. The molecule has 2 N–H and O–H groups in total. The van der Waals surface area contributed by atoms with E-state index in [9.17, 15) is 9.59 Å². The molecule has 1 unspecified atom stereocenters. The van der Waals surface area contributed by atoms with Crippen molar-refractivity contribution in [3.05, 3.63) is 83.6 Å². The second-order valence-corrected chi connectivity index (χ2v) is 7.53. The van der Waals surface area contributed by atoms with Gasteiger partial charge in [-0.05, 0) is 56.2 Å². The second-order valence-electron chi connectivity index (χ2n) is 7.53. The summed E-state index contributed by atoms with van der Waals surface area (Å²) in [6, 6.07) is 16.3. The van der Waals surface area contributed by atoms with Crippen LogP contribution >= 0.6 is 0 Å². The fraction of sp³-hybridized carbons (Fsp3) is 0.208. The van der Waals surface area contributed by atoms with E-state index in [-0.39, 0.29) is 24.1 Å². The summed E-state index contributed by atoms with van der Waals surface area (Å²) in [6.45, 7) is 5.84. The highest BCUT2D eigenvalue weighted by Crippen LogP contribution is 2.23. The Labute approximate surface area is 180 Å². The zero-order valence-electron chi connectivity index (χ0n) is 17.7. The predicted molar refractivity (Wildman–Crippen MR) is 119 cm³/mol. The Morgan fingerprint density at radius 3 is 2.48 bits per heavy atom. The third-order valence-electron chi connectivity index (χ3n) is 5.21. The molecule has 0 saturated carbocycles. The Balaban J connectivity index is 1.62. The smallest absolute Gasteiger partial charge is 0.287 e. The summed E-state index contributed by atoms with van der Waals surface area (Å²) in [5.41, 5.74) is 4.41. The zero-order chi connectivity index (χ0) is 22.0. The standard InChI is InChI=1S/C24H24N4O3/c1-15-8-6-9-16(2)22(15)27-21(29)14-28-19-11-5-4-10-18(19)26-23(28)17(3)25-24(30)20-12-7-13-31-20/h4-13,17H,14H2,1-3H3,(H,25,30)(H,27,29). The van der Waals surface area contributed by atoms with Crippen LogP contribution in [0.4, 0.5) is 5.69 Å². The molecule has 0 fully saturated rings. The van der Waals surface area contributed by atoms with Crippen molar-refractivity contribution in [2.75, 3.05) is 5.32 Å². The minimum absolute atomic E-state index is 0.0740. The number of furan rings is 1. The number of hydrogen-bond acceptors (Lipinski definition) is 4. The first-order valence-corrected chi connectivity index (χ1v) is 10.1. The highest BCUT2D eigenvalue weighted by atomic mass is 16.3. The lowest BCUT2D eigenvalue weighted by molar-refractivity contribution is -0.116. The number of hydrogen-bond donors (Lipinski definition) is 2. The molecule has 7 nitrogen and oxygen atoms in total.